The number of hydrogen-bond acceptors (Lipinski definition) is 7. The van der Waals surface area contributed by atoms with E-state index in [1.165, 1.54) is 17.4 Å². The lowest BCUT2D eigenvalue weighted by Crippen LogP contribution is -2.16. The molecular weight excluding hydrogens is 392 g/mol. The summed E-state index contributed by atoms with van der Waals surface area (Å²) >= 11 is 1.45. The number of methoxy groups -OCH3 is 2. The highest BCUT2D eigenvalue weighted by Crippen LogP contribution is 2.27. The van der Waals surface area contributed by atoms with Gasteiger partial charge in [0.2, 0.25) is 0 Å². The maximum absolute atomic E-state index is 12.4. The molecule has 0 radical (unpaired) electrons. The molecule has 1 atom stereocenters. The van der Waals surface area contributed by atoms with Crippen molar-refractivity contribution >= 4 is 33.6 Å². The SMILES string of the molecule is COc1ccc(/C=C/C(=O)O[C@@H](C)c2nc3sc(C)c(C)c3c(=O)[nH]2)c(OC)c1. The van der Waals surface area contributed by atoms with E-state index in [9.17, 15) is 9.59 Å². The zero-order chi connectivity index (χ0) is 21.1. The third-order valence-corrected chi connectivity index (χ3v) is 5.68. The Morgan fingerprint density at radius 2 is 2.00 bits per heavy atom. The zero-order valence-electron chi connectivity index (χ0n) is 16.9. The molecule has 0 amide bonds. The summed E-state index contributed by atoms with van der Waals surface area (Å²) in [5.41, 5.74) is 1.40. The molecule has 3 aromatic rings. The number of rotatable bonds is 6. The molecule has 0 saturated carbocycles. The Balaban J connectivity index is 1.76. The van der Waals surface area contributed by atoms with Gasteiger partial charge in [-0.2, -0.15) is 0 Å². The predicted octanol–water partition coefficient (Wildman–Crippen LogP) is 3.94. The summed E-state index contributed by atoms with van der Waals surface area (Å²) < 4.78 is 15.9. The molecule has 3 rings (SSSR count). The van der Waals surface area contributed by atoms with Crippen LogP contribution in [0.25, 0.3) is 16.3 Å². The fourth-order valence-corrected chi connectivity index (χ4v) is 3.88. The minimum absolute atomic E-state index is 0.228. The molecule has 0 aliphatic rings. The first-order valence-corrected chi connectivity index (χ1v) is 9.76. The van der Waals surface area contributed by atoms with E-state index >= 15 is 0 Å². The lowest BCUT2D eigenvalue weighted by molar-refractivity contribution is -0.142. The van der Waals surface area contributed by atoms with Crippen LogP contribution in [-0.2, 0) is 9.53 Å². The number of carbonyl (C=O) groups is 1. The zero-order valence-corrected chi connectivity index (χ0v) is 17.7. The molecule has 1 aromatic carbocycles. The molecule has 0 bridgehead atoms. The fraction of sp³-hybridized carbons (Fsp3) is 0.286. The molecule has 0 aliphatic carbocycles. The summed E-state index contributed by atoms with van der Waals surface area (Å²) in [6.07, 6.45) is 2.19. The van der Waals surface area contributed by atoms with Gasteiger partial charge in [0.1, 0.15) is 16.3 Å². The van der Waals surface area contributed by atoms with E-state index in [0.29, 0.717) is 33.1 Å². The standard InChI is InChI=1S/C21H22N2O5S/c1-11-13(3)29-21-18(11)20(25)22-19(23-21)12(2)28-17(24)9-7-14-6-8-15(26-4)10-16(14)27-5/h6-10,12H,1-5H3,(H,22,23,25)/b9-7+/t12-/m0/s1. The average molecular weight is 414 g/mol. The minimum atomic E-state index is -0.704. The monoisotopic (exact) mass is 414 g/mol. The summed E-state index contributed by atoms with van der Waals surface area (Å²) in [4.78, 5) is 33.5. The van der Waals surface area contributed by atoms with Gasteiger partial charge >= 0.3 is 5.97 Å². The highest BCUT2D eigenvalue weighted by atomic mass is 32.1. The lowest BCUT2D eigenvalue weighted by atomic mass is 10.1. The molecule has 7 nitrogen and oxygen atoms in total. The Bertz CT molecular complexity index is 1150. The first-order valence-electron chi connectivity index (χ1n) is 8.94. The first-order chi connectivity index (χ1) is 13.8. The lowest BCUT2D eigenvalue weighted by Gasteiger charge is -2.11. The van der Waals surface area contributed by atoms with Gasteiger partial charge in [-0.25, -0.2) is 9.78 Å². The number of fused-ring (bicyclic) bond motifs is 1. The van der Waals surface area contributed by atoms with Crippen molar-refractivity contribution < 1.29 is 19.0 Å². The van der Waals surface area contributed by atoms with Crippen LogP contribution in [0.5, 0.6) is 11.5 Å². The number of nitrogens with one attached hydrogen (secondary N) is 1. The number of thiophene rings is 1. The van der Waals surface area contributed by atoms with E-state index in [1.807, 2.05) is 13.8 Å². The quantitative estimate of drug-likeness (QED) is 0.485. The van der Waals surface area contributed by atoms with Gasteiger partial charge in [0.05, 0.1) is 19.6 Å². The highest BCUT2D eigenvalue weighted by Gasteiger charge is 2.17. The highest BCUT2D eigenvalue weighted by molar-refractivity contribution is 7.18. The number of aromatic nitrogens is 2. The Morgan fingerprint density at radius 3 is 2.69 bits per heavy atom. The molecule has 0 saturated heterocycles. The average Bonchev–Trinajstić information content (AvgIpc) is 3.00. The maximum Gasteiger partial charge on any atom is 0.331 e. The first kappa shape index (κ1) is 20.6. The van der Waals surface area contributed by atoms with Gasteiger partial charge in [0.15, 0.2) is 11.9 Å². The van der Waals surface area contributed by atoms with Gasteiger partial charge in [-0.3, -0.25) is 4.79 Å². The second-order valence-electron chi connectivity index (χ2n) is 6.43. The van der Waals surface area contributed by atoms with Crippen molar-refractivity contribution in [3.8, 4) is 11.5 Å². The van der Waals surface area contributed by atoms with Crippen molar-refractivity contribution in [2.45, 2.75) is 26.9 Å². The molecule has 29 heavy (non-hydrogen) atoms. The Kier molecular flexibility index (Phi) is 6.03. The van der Waals surface area contributed by atoms with Crippen LogP contribution in [0.15, 0.2) is 29.1 Å². The third kappa shape index (κ3) is 4.32. The van der Waals surface area contributed by atoms with Gasteiger partial charge in [-0.05, 0) is 44.5 Å². The second-order valence-corrected chi connectivity index (χ2v) is 7.64. The number of ether oxygens (including phenoxy) is 3. The van der Waals surface area contributed by atoms with Crippen molar-refractivity contribution in [1.82, 2.24) is 9.97 Å². The summed E-state index contributed by atoms with van der Waals surface area (Å²) in [6, 6.07) is 5.27. The van der Waals surface area contributed by atoms with Gasteiger partial charge in [-0.15, -0.1) is 11.3 Å². The van der Waals surface area contributed by atoms with E-state index in [0.717, 1.165) is 10.4 Å². The summed E-state index contributed by atoms with van der Waals surface area (Å²) in [7, 11) is 3.11. The van der Waals surface area contributed by atoms with Crippen molar-refractivity contribution in [3.63, 3.8) is 0 Å². The van der Waals surface area contributed by atoms with Crippen LogP contribution in [0.1, 0.15) is 34.9 Å². The van der Waals surface area contributed by atoms with E-state index < -0.39 is 12.1 Å². The number of benzene rings is 1. The topological polar surface area (TPSA) is 90.5 Å². The number of esters is 1. The van der Waals surface area contributed by atoms with Crippen molar-refractivity contribution in [2.75, 3.05) is 14.2 Å². The van der Waals surface area contributed by atoms with Crippen LogP contribution in [-0.4, -0.2) is 30.2 Å². The van der Waals surface area contributed by atoms with Crippen molar-refractivity contribution in [3.05, 3.63) is 56.5 Å². The van der Waals surface area contributed by atoms with Crippen LogP contribution in [0.4, 0.5) is 0 Å². The molecular formula is C21H22N2O5S. The molecule has 0 unspecified atom stereocenters. The van der Waals surface area contributed by atoms with Crippen LogP contribution in [0.2, 0.25) is 0 Å². The van der Waals surface area contributed by atoms with Crippen LogP contribution < -0.4 is 15.0 Å². The molecule has 2 heterocycles. The minimum Gasteiger partial charge on any atom is -0.497 e. The molecule has 0 spiro atoms. The van der Waals surface area contributed by atoms with Crippen molar-refractivity contribution in [2.24, 2.45) is 0 Å². The smallest absolute Gasteiger partial charge is 0.331 e. The number of hydrogen-bond donors (Lipinski definition) is 1. The molecule has 0 fully saturated rings. The third-order valence-electron chi connectivity index (χ3n) is 4.58. The summed E-state index contributed by atoms with van der Waals surface area (Å²) in [5.74, 6) is 0.977. The number of H-pyrrole nitrogens is 1. The van der Waals surface area contributed by atoms with E-state index in [4.69, 9.17) is 14.2 Å². The Hall–Kier alpha value is -3.13. The predicted molar refractivity (Wildman–Crippen MR) is 113 cm³/mol. The van der Waals surface area contributed by atoms with Gasteiger partial charge in [0.25, 0.3) is 5.56 Å². The van der Waals surface area contributed by atoms with E-state index in [-0.39, 0.29) is 5.56 Å². The Morgan fingerprint density at radius 1 is 1.24 bits per heavy atom. The summed E-state index contributed by atoms with van der Waals surface area (Å²) in [6.45, 7) is 5.51. The molecule has 152 valence electrons. The van der Waals surface area contributed by atoms with Crippen LogP contribution >= 0.6 is 11.3 Å². The van der Waals surface area contributed by atoms with Gasteiger partial charge < -0.3 is 19.2 Å². The number of nitrogens with zero attached hydrogens (tertiary/aromatic N) is 1. The van der Waals surface area contributed by atoms with Gasteiger partial charge in [0, 0.05) is 22.6 Å². The largest absolute Gasteiger partial charge is 0.497 e. The Labute approximate surface area is 172 Å². The van der Waals surface area contributed by atoms with Crippen LogP contribution in [0, 0.1) is 13.8 Å². The maximum atomic E-state index is 12.4. The van der Waals surface area contributed by atoms with E-state index in [2.05, 4.69) is 9.97 Å². The fourth-order valence-electron chi connectivity index (χ4n) is 2.85. The normalized spacial score (nSPS) is 12.3. The number of carbonyl (C=O) groups excluding carboxylic acids is 1. The summed E-state index contributed by atoms with van der Waals surface area (Å²) in [5, 5.41) is 0.585. The molecule has 8 heteroatoms. The van der Waals surface area contributed by atoms with Crippen molar-refractivity contribution in [1.29, 1.82) is 0 Å². The van der Waals surface area contributed by atoms with Crippen LogP contribution in [0.3, 0.4) is 0 Å². The number of aromatic amines is 1. The molecule has 2 aromatic heterocycles. The molecule has 1 N–H and O–H groups in total. The van der Waals surface area contributed by atoms with Gasteiger partial charge in [-0.1, -0.05) is 0 Å². The van der Waals surface area contributed by atoms with E-state index in [1.54, 1.807) is 45.4 Å². The number of aryl methyl sites for hydroxylation is 2. The second kappa shape index (κ2) is 8.48. The molecule has 0 aliphatic heterocycles.